The molecule has 1 aromatic carbocycles. The summed E-state index contributed by atoms with van der Waals surface area (Å²) in [6.45, 7) is 1.45. The van der Waals surface area contributed by atoms with Crippen LogP contribution in [0.25, 0.3) is 5.69 Å². The van der Waals surface area contributed by atoms with Crippen LogP contribution in [0.5, 0.6) is 0 Å². The number of fused-ring (bicyclic) bond motifs is 2. The lowest BCUT2D eigenvalue weighted by molar-refractivity contribution is -0.154. The van der Waals surface area contributed by atoms with Gasteiger partial charge in [0.2, 0.25) is 11.8 Å². The zero-order valence-corrected chi connectivity index (χ0v) is 18.7. The molecule has 180 valence electrons. The number of amides is 4. The molecule has 12 heteroatoms. The minimum Gasteiger partial charge on any atom is -0.465 e. The highest BCUT2D eigenvalue weighted by Crippen LogP contribution is 2.32. The standard InChI is InChI=1S/C23H22N6O6/c30-19-4-3-18(20(31)24-19)28-9-12-1-2-14(7-15(12)21(28)32)29-11-17(25-26-29)22(33)27-8-13-5-6-35-23(34)16(13)10-27/h1-2,7,11,13,16,18H,3-6,8-10H2,(H,24,30,31)/t13-,16+,18?/m0/s1. The fourth-order valence-corrected chi connectivity index (χ4v) is 5.35. The number of carbonyl (C=O) groups is 5. The van der Waals surface area contributed by atoms with Crippen molar-refractivity contribution in [1.82, 2.24) is 30.1 Å². The van der Waals surface area contributed by atoms with Crippen LogP contribution in [0.1, 0.15) is 45.7 Å². The van der Waals surface area contributed by atoms with Crippen molar-refractivity contribution in [3.63, 3.8) is 0 Å². The Morgan fingerprint density at radius 3 is 2.77 bits per heavy atom. The number of piperidine rings is 1. The molecule has 0 radical (unpaired) electrons. The van der Waals surface area contributed by atoms with Gasteiger partial charge >= 0.3 is 5.97 Å². The van der Waals surface area contributed by atoms with Crippen molar-refractivity contribution in [3.8, 4) is 5.69 Å². The van der Waals surface area contributed by atoms with Crippen LogP contribution in [0.15, 0.2) is 24.4 Å². The molecule has 3 fully saturated rings. The molecule has 1 aromatic heterocycles. The van der Waals surface area contributed by atoms with E-state index in [0.717, 1.165) is 12.0 Å². The lowest BCUT2D eigenvalue weighted by atomic mass is 9.91. The molecule has 1 N–H and O–H groups in total. The molecule has 35 heavy (non-hydrogen) atoms. The van der Waals surface area contributed by atoms with Gasteiger partial charge in [0.15, 0.2) is 5.69 Å². The highest BCUT2D eigenvalue weighted by Gasteiger charge is 2.43. The van der Waals surface area contributed by atoms with Gasteiger partial charge in [-0.3, -0.25) is 29.3 Å². The first kappa shape index (κ1) is 21.4. The van der Waals surface area contributed by atoms with Gasteiger partial charge in [-0.1, -0.05) is 11.3 Å². The lowest BCUT2D eigenvalue weighted by Gasteiger charge is -2.29. The first-order valence-corrected chi connectivity index (χ1v) is 11.6. The zero-order valence-electron chi connectivity index (χ0n) is 18.7. The van der Waals surface area contributed by atoms with Crippen LogP contribution < -0.4 is 5.32 Å². The van der Waals surface area contributed by atoms with Gasteiger partial charge in [0.1, 0.15) is 6.04 Å². The number of rotatable bonds is 3. The van der Waals surface area contributed by atoms with Gasteiger partial charge in [0, 0.05) is 31.6 Å². The van der Waals surface area contributed by atoms with E-state index < -0.39 is 11.9 Å². The Labute approximate surface area is 199 Å². The summed E-state index contributed by atoms with van der Waals surface area (Å²) in [6, 6.07) is 4.53. The average Bonchev–Trinajstić information content (AvgIpc) is 3.57. The van der Waals surface area contributed by atoms with Crippen LogP contribution >= 0.6 is 0 Å². The molecule has 0 aliphatic carbocycles. The van der Waals surface area contributed by atoms with Crippen molar-refractivity contribution >= 4 is 29.6 Å². The Balaban J connectivity index is 1.19. The third-order valence-corrected chi connectivity index (χ3v) is 7.25. The van der Waals surface area contributed by atoms with E-state index in [4.69, 9.17) is 4.74 Å². The molecule has 4 aliphatic heterocycles. The summed E-state index contributed by atoms with van der Waals surface area (Å²) in [7, 11) is 0. The van der Waals surface area contributed by atoms with E-state index in [2.05, 4.69) is 15.6 Å². The fourth-order valence-electron chi connectivity index (χ4n) is 5.35. The van der Waals surface area contributed by atoms with E-state index in [1.807, 2.05) is 0 Å². The number of esters is 1. The highest BCUT2D eigenvalue weighted by molar-refractivity contribution is 6.05. The molecular weight excluding hydrogens is 456 g/mol. The molecule has 0 bridgehead atoms. The Kier molecular flexibility index (Phi) is 4.90. The molecule has 0 spiro atoms. The van der Waals surface area contributed by atoms with Gasteiger partial charge in [0.25, 0.3) is 11.8 Å². The largest absolute Gasteiger partial charge is 0.465 e. The van der Waals surface area contributed by atoms with Crippen molar-refractivity contribution < 1.29 is 28.7 Å². The summed E-state index contributed by atoms with van der Waals surface area (Å²) < 4.78 is 6.54. The summed E-state index contributed by atoms with van der Waals surface area (Å²) in [6.07, 6.45) is 2.73. The molecule has 4 aliphatic rings. The van der Waals surface area contributed by atoms with Gasteiger partial charge in [-0.25, -0.2) is 4.68 Å². The molecule has 6 rings (SSSR count). The maximum atomic E-state index is 13.1. The number of carbonyl (C=O) groups excluding carboxylic acids is 5. The number of likely N-dealkylation sites (tertiary alicyclic amines) is 1. The van der Waals surface area contributed by atoms with Crippen LogP contribution in [0.4, 0.5) is 0 Å². The van der Waals surface area contributed by atoms with E-state index in [1.165, 1.54) is 15.8 Å². The average molecular weight is 478 g/mol. The minimum atomic E-state index is -0.687. The predicted octanol–water partition coefficient (Wildman–Crippen LogP) is -0.337. The van der Waals surface area contributed by atoms with Crippen LogP contribution in [-0.2, 0) is 25.7 Å². The summed E-state index contributed by atoms with van der Waals surface area (Å²) in [5.74, 6) is -1.84. The lowest BCUT2D eigenvalue weighted by Crippen LogP contribution is -2.52. The van der Waals surface area contributed by atoms with E-state index in [0.29, 0.717) is 37.4 Å². The van der Waals surface area contributed by atoms with E-state index in [1.54, 1.807) is 23.1 Å². The first-order valence-electron chi connectivity index (χ1n) is 11.6. The van der Waals surface area contributed by atoms with Gasteiger partial charge < -0.3 is 14.5 Å². The third kappa shape index (κ3) is 3.56. The van der Waals surface area contributed by atoms with Crippen LogP contribution in [0.2, 0.25) is 0 Å². The maximum Gasteiger partial charge on any atom is 0.311 e. The highest BCUT2D eigenvalue weighted by atomic mass is 16.5. The number of benzene rings is 1. The Bertz CT molecular complexity index is 1290. The van der Waals surface area contributed by atoms with Crippen molar-refractivity contribution in [3.05, 3.63) is 41.2 Å². The number of hydrogen-bond acceptors (Lipinski definition) is 8. The monoisotopic (exact) mass is 478 g/mol. The summed E-state index contributed by atoms with van der Waals surface area (Å²) in [5, 5.41) is 10.4. The molecule has 1 unspecified atom stereocenters. The van der Waals surface area contributed by atoms with Crippen molar-refractivity contribution in [2.75, 3.05) is 19.7 Å². The molecule has 4 amide bonds. The van der Waals surface area contributed by atoms with Crippen LogP contribution in [0.3, 0.4) is 0 Å². The summed E-state index contributed by atoms with van der Waals surface area (Å²) >= 11 is 0. The normalized spacial score (nSPS) is 25.9. The molecule has 2 aromatic rings. The van der Waals surface area contributed by atoms with E-state index in [-0.39, 0.29) is 54.2 Å². The topological polar surface area (TPSA) is 144 Å². The van der Waals surface area contributed by atoms with Crippen LogP contribution in [0, 0.1) is 11.8 Å². The molecular formula is C23H22N6O6. The fraction of sp³-hybridized carbons (Fsp3) is 0.435. The quantitative estimate of drug-likeness (QED) is 0.466. The number of hydrogen-bond donors (Lipinski definition) is 1. The predicted molar refractivity (Wildman–Crippen MR) is 116 cm³/mol. The number of ether oxygens (including phenoxy) is 1. The van der Waals surface area contributed by atoms with E-state index in [9.17, 15) is 24.0 Å². The molecule has 3 saturated heterocycles. The molecule has 5 heterocycles. The van der Waals surface area contributed by atoms with Gasteiger partial charge in [0.05, 0.1) is 24.4 Å². The molecule has 0 saturated carbocycles. The zero-order chi connectivity index (χ0) is 24.3. The van der Waals surface area contributed by atoms with Crippen molar-refractivity contribution in [2.24, 2.45) is 11.8 Å². The van der Waals surface area contributed by atoms with E-state index >= 15 is 0 Å². The summed E-state index contributed by atoms with van der Waals surface area (Å²) in [4.78, 5) is 64.8. The number of nitrogens with zero attached hydrogens (tertiary/aromatic N) is 5. The van der Waals surface area contributed by atoms with Gasteiger partial charge in [-0.05, 0) is 36.5 Å². The second-order valence-electron chi connectivity index (χ2n) is 9.32. The Morgan fingerprint density at radius 1 is 1.11 bits per heavy atom. The van der Waals surface area contributed by atoms with Crippen LogP contribution in [-0.4, -0.2) is 80.1 Å². The third-order valence-electron chi connectivity index (χ3n) is 7.25. The molecule has 3 atom stereocenters. The number of cyclic esters (lactones) is 1. The SMILES string of the molecule is O=C1CCC(N2Cc3ccc(-n4cc(C(=O)N5C[C@@H]6CCOC(=O)[C@@H]6C5)nn4)cc3C2=O)C(=O)N1. The van der Waals surface area contributed by atoms with Gasteiger partial charge in [-0.2, -0.15) is 0 Å². The first-order chi connectivity index (χ1) is 16.9. The van der Waals surface area contributed by atoms with Crippen molar-refractivity contribution in [1.29, 1.82) is 0 Å². The van der Waals surface area contributed by atoms with Crippen molar-refractivity contribution in [2.45, 2.75) is 31.8 Å². The number of aromatic nitrogens is 3. The number of nitrogens with one attached hydrogen (secondary N) is 1. The maximum absolute atomic E-state index is 13.1. The Hall–Kier alpha value is -4.09. The molecule has 12 nitrogen and oxygen atoms in total. The van der Waals surface area contributed by atoms with Gasteiger partial charge in [-0.15, -0.1) is 5.10 Å². The summed E-state index contributed by atoms with van der Waals surface area (Å²) in [5.41, 5.74) is 1.91. The minimum absolute atomic E-state index is 0.102. The second kappa shape index (κ2) is 8.00. The smallest absolute Gasteiger partial charge is 0.311 e. The number of imide groups is 1. The Morgan fingerprint density at radius 2 is 1.97 bits per heavy atom. The second-order valence-corrected chi connectivity index (χ2v) is 9.32.